The summed E-state index contributed by atoms with van der Waals surface area (Å²) in [7, 11) is 1.32. The lowest BCUT2D eigenvalue weighted by Crippen LogP contribution is -2.44. The average molecular weight is 252 g/mol. The van der Waals surface area contributed by atoms with Crippen molar-refractivity contribution < 1.29 is 14.3 Å². The fourth-order valence-corrected chi connectivity index (χ4v) is 1.40. The maximum absolute atomic E-state index is 11.3. The maximum Gasteiger partial charge on any atom is 0.356 e. The summed E-state index contributed by atoms with van der Waals surface area (Å²) in [4.78, 5) is 15.2. The summed E-state index contributed by atoms with van der Waals surface area (Å²) in [6.45, 7) is 4.46. The van der Waals surface area contributed by atoms with E-state index in [1.807, 2.05) is 13.8 Å². The topological polar surface area (TPSA) is 74.4 Å². The van der Waals surface area contributed by atoms with Crippen molar-refractivity contribution >= 4 is 5.97 Å². The van der Waals surface area contributed by atoms with Gasteiger partial charge in [-0.3, -0.25) is 0 Å². The summed E-state index contributed by atoms with van der Waals surface area (Å²) in [5, 5.41) is 0. The first-order valence-electron chi connectivity index (χ1n) is 6.00. The van der Waals surface area contributed by atoms with Crippen LogP contribution in [-0.4, -0.2) is 30.2 Å². The number of methoxy groups -OCH3 is 1. The van der Waals surface area contributed by atoms with Gasteiger partial charge in [0, 0.05) is 17.8 Å². The quantitative estimate of drug-likeness (QED) is 0.781. The van der Waals surface area contributed by atoms with Crippen molar-refractivity contribution in [2.75, 3.05) is 13.7 Å². The van der Waals surface area contributed by atoms with Gasteiger partial charge in [-0.05, 0) is 18.9 Å². The highest BCUT2D eigenvalue weighted by atomic mass is 16.5. The van der Waals surface area contributed by atoms with Gasteiger partial charge < -0.3 is 15.2 Å². The molecule has 0 aliphatic rings. The van der Waals surface area contributed by atoms with Crippen molar-refractivity contribution in [3.8, 4) is 5.75 Å². The maximum atomic E-state index is 11.3. The molecule has 0 fully saturated rings. The Morgan fingerprint density at radius 1 is 1.44 bits per heavy atom. The lowest BCUT2D eigenvalue weighted by atomic mass is 9.96. The van der Waals surface area contributed by atoms with Crippen LogP contribution in [0.1, 0.15) is 37.2 Å². The number of pyridine rings is 1. The van der Waals surface area contributed by atoms with Gasteiger partial charge in [-0.1, -0.05) is 13.8 Å². The molecule has 0 spiro atoms. The molecule has 0 aromatic carbocycles. The van der Waals surface area contributed by atoms with Crippen LogP contribution in [-0.2, 0) is 4.74 Å². The molecule has 18 heavy (non-hydrogen) atoms. The normalized spacial score (nSPS) is 11.1. The van der Waals surface area contributed by atoms with E-state index in [-0.39, 0.29) is 11.2 Å². The van der Waals surface area contributed by atoms with E-state index in [2.05, 4.69) is 9.72 Å². The lowest BCUT2D eigenvalue weighted by Gasteiger charge is -2.26. The van der Waals surface area contributed by atoms with Crippen molar-refractivity contribution in [3.63, 3.8) is 0 Å². The highest BCUT2D eigenvalue weighted by Gasteiger charge is 2.21. The molecule has 1 heterocycles. The zero-order chi connectivity index (χ0) is 13.6. The second-order valence-corrected chi connectivity index (χ2v) is 4.23. The van der Waals surface area contributed by atoms with Gasteiger partial charge >= 0.3 is 5.97 Å². The van der Waals surface area contributed by atoms with Crippen LogP contribution in [0.3, 0.4) is 0 Å². The highest BCUT2D eigenvalue weighted by molar-refractivity contribution is 5.87. The largest absolute Gasteiger partial charge is 0.492 e. The lowest BCUT2D eigenvalue weighted by molar-refractivity contribution is 0.0593. The number of carbonyl (C=O) groups excluding carboxylic acids is 1. The molecule has 0 aliphatic heterocycles. The Hall–Kier alpha value is -1.62. The van der Waals surface area contributed by atoms with E-state index in [1.54, 1.807) is 12.1 Å². The standard InChI is InChI=1S/C13H20N2O3/c1-4-13(14,5-2)9-18-10-6-7-15-11(8-10)12(16)17-3/h6-8H,4-5,9,14H2,1-3H3. The Morgan fingerprint density at radius 3 is 2.67 bits per heavy atom. The number of esters is 1. The van der Waals surface area contributed by atoms with Crippen molar-refractivity contribution in [2.45, 2.75) is 32.2 Å². The van der Waals surface area contributed by atoms with E-state index < -0.39 is 5.97 Å². The fourth-order valence-electron chi connectivity index (χ4n) is 1.40. The Kier molecular flexibility index (Phi) is 5.09. The zero-order valence-corrected chi connectivity index (χ0v) is 11.1. The van der Waals surface area contributed by atoms with Gasteiger partial charge in [-0.2, -0.15) is 0 Å². The molecule has 0 unspecified atom stereocenters. The van der Waals surface area contributed by atoms with Crippen molar-refractivity contribution in [3.05, 3.63) is 24.0 Å². The monoisotopic (exact) mass is 252 g/mol. The predicted octanol–water partition coefficient (Wildman–Crippen LogP) is 1.76. The van der Waals surface area contributed by atoms with Crippen LogP contribution in [0.15, 0.2) is 18.3 Å². The first-order valence-corrected chi connectivity index (χ1v) is 6.00. The molecule has 0 saturated heterocycles. The minimum absolute atomic E-state index is 0.227. The second kappa shape index (κ2) is 6.35. The molecule has 0 aliphatic carbocycles. The number of ether oxygens (including phenoxy) is 2. The van der Waals surface area contributed by atoms with E-state index in [1.165, 1.54) is 13.3 Å². The molecular formula is C13H20N2O3. The summed E-state index contributed by atoms with van der Waals surface area (Å²) in [5.41, 5.74) is 6.03. The third kappa shape index (κ3) is 3.70. The Balaban J connectivity index is 2.71. The van der Waals surface area contributed by atoms with Gasteiger partial charge in [0.05, 0.1) is 7.11 Å². The van der Waals surface area contributed by atoms with Gasteiger partial charge in [-0.15, -0.1) is 0 Å². The van der Waals surface area contributed by atoms with Crippen LogP contribution in [0.5, 0.6) is 5.75 Å². The van der Waals surface area contributed by atoms with E-state index in [0.29, 0.717) is 12.4 Å². The van der Waals surface area contributed by atoms with E-state index in [4.69, 9.17) is 10.5 Å². The molecule has 0 saturated carbocycles. The Bertz CT molecular complexity index is 403. The number of hydrogen-bond donors (Lipinski definition) is 1. The number of carbonyl (C=O) groups is 1. The van der Waals surface area contributed by atoms with Crippen LogP contribution < -0.4 is 10.5 Å². The molecular weight excluding hydrogens is 232 g/mol. The highest BCUT2D eigenvalue weighted by Crippen LogP contribution is 2.16. The number of rotatable bonds is 6. The number of nitrogens with zero attached hydrogens (tertiary/aromatic N) is 1. The van der Waals surface area contributed by atoms with E-state index in [0.717, 1.165) is 12.8 Å². The molecule has 0 atom stereocenters. The molecule has 0 radical (unpaired) electrons. The minimum Gasteiger partial charge on any atom is -0.492 e. The molecule has 0 bridgehead atoms. The Morgan fingerprint density at radius 2 is 2.11 bits per heavy atom. The fraction of sp³-hybridized carbons (Fsp3) is 0.538. The molecule has 0 amide bonds. The van der Waals surface area contributed by atoms with Crippen LogP contribution in [0.2, 0.25) is 0 Å². The Labute approximate surface area is 107 Å². The summed E-state index contributed by atoms with van der Waals surface area (Å²) in [5.74, 6) is 0.0903. The summed E-state index contributed by atoms with van der Waals surface area (Å²) < 4.78 is 10.2. The molecule has 1 aromatic rings. The van der Waals surface area contributed by atoms with Crippen molar-refractivity contribution in [1.29, 1.82) is 0 Å². The van der Waals surface area contributed by atoms with Gasteiger partial charge in [-0.25, -0.2) is 9.78 Å². The third-order valence-electron chi connectivity index (χ3n) is 3.06. The zero-order valence-electron chi connectivity index (χ0n) is 11.1. The van der Waals surface area contributed by atoms with Gasteiger partial charge in [0.15, 0.2) is 5.69 Å². The van der Waals surface area contributed by atoms with Crippen LogP contribution in [0.25, 0.3) is 0 Å². The second-order valence-electron chi connectivity index (χ2n) is 4.23. The predicted molar refractivity (Wildman–Crippen MR) is 68.6 cm³/mol. The first-order chi connectivity index (χ1) is 8.54. The van der Waals surface area contributed by atoms with Crippen LogP contribution in [0.4, 0.5) is 0 Å². The molecule has 2 N–H and O–H groups in total. The SMILES string of the molecule is CCC(N)(CC)COc1ccnc(C(=O)OC)c1. The van der Waals surface area contributed by atoms with Gasteiger partial charge in [0.1, 0.15) is 12.4 Å². The molecule has 1 rings (SSSR count). The number of hydrogen-bond acceptors (Lipinski definition) is 5. The van der Waals surface area contributed by atoms with E-state index >= 15 is 0 Å². The average Bonchev–Trinajstić information content (AvgIpc) is 2.44. The van der Waals surface area contributed by atoms with Crippen molar-refractivity contribution in [1.82, 2.24) is 4.98 Å². The number of aromatic nitrogens is 1. The number of nitrogens with two attached hydrogens (primary N) is 1. The van der Waals surface area contributed by atoms with Crippen LogP contribution >= 0.6 is 0 Å². The van der Waals surface area contributed by atoms with Gasteiger partial charge in [0.25, 0.3) is 0 Å². The first kappa shape index (κ1) is 14.4. The smallest absolute Gasteiger partial charge is 0.356 e. The van der Waals surface area contributed by atoms with Crippen LogP contribution in [0, 0.1) is 0 Å². The van der Waals surface area contributed by atoms with Crippen molar-refractivity contribution in [2.24, 2.45) is 5.73 Å². The van der Waals surface area contributed by atoms with E-state index in [9.17, 15) is 4.79 Å². The molecule has 5 nitrogen and oxygen atoms in total. The molecule has 1 aromatic heterocycles. The summed E-state index contributed by atoms with van der Waals surface area (Å²) >= 11 is 0. The third-order valence-corrected chi connectivity index (χ3v) is 3.06. The van der Waals surface area contributed by atoms with Gasteiger partial charge in [0.2, 0.25) is 0 Å². The summed E-state index contributed by atoms with van der Waals surface area (Å²) in [6.07, 6.45) is 3.18. The minimum atomic E-state index is -0.481. The molecule has 100 valence electrons. The summed E-state index contributed by atoms with van der Waals surface area (Å²) in [6, 6.07) is 3.25. The molecule has 5 heteroatoms.